The predicted molar refractivity (Wildman–Crippen MR) is 58.2 cm³/mol. The molecule has 0 aliphatic heterocycles. The number of benzene rings is 1. The van der Waals surface area contributed by atoms with E-state index < -0.39 is 13.5 Å². The Labute approximate surface area is 82.8 Å². The van der Waals surface area contributed by atoms with Crippen molar-refractivity contribution in [1.82, 2.24) is 0 Å². The first kappa shape index (κ1) is 10.7. The van der Waals surface area contributed by atoms with Crippen molar-refractivity contribution < 1.29 is 3.74 Å². The van der Waals surface area contributed by atoms with Gasteiger partial charge in [0.15, 0.2) is 0 Å². The summed E-state index contributed by atoms with van der Waals surface area (Å²) in [5.74, 6) is 0. The summed E-state index contributed by atoms with van der Waals surface area (Å²) in [5, 5.41) is 1.66. The molecule has 0 aliphatic rings. The van der Waals surface area contributed by atoms with Crippen LogP contribution in [0.25, 0.3) is 0 Å². The number of rotatable bonds is 3. The Morgan fingerprint density at radius 1 is 1.08 bits per heavy atom. The fraction of sp³-hybridized carbons (Fsp3) is 0.455. The maximum atomic E-state index is 12.3. The predicted octanol–water partition coefficient (Wildman–Crippen LogP) is 2.62. The summed E-state index contributed by atoms with van der Waals surface area (Å²) in [6, 6.07) is 8.16. The SMILES string of the molecule is CC[As](=O)(CC)c1ccc(C)cc1. The average molecular weight is 240 g/mol. The molecule has 0 amide bonds. The summed E-state index contributed by atoms with van der Waals surface area (Å²) in [7, 11) is 0. The van der Waals surface area contributed by atoms with Gasteiger partial charge in [-0.25, -0.2) is 0 Å². The first-order chi connectivity index (χ1) is 6.12. The fourth-order valence-corrected chi connectivity index (χ4v) is 5.33. The third-order valence-electron chi connectivity index (χ3n) is 2.53. The molecule has 1 nitrogen and oxygen atoms in total. The quantitative estimate of drug-likeness (QED) is 0.742. The average Bonchev–Trinajstić information content (AvgIpc) is 2.18. The molecular formula is C11H17AsO. The molecule has 0 heterocycles. The standard InChI is InChI=1S/C11H17AsO/c1-4-12(13,5-2)11-8-6-10(3)7-9-11/h6-9H,4-5H2,1-3H3. The Bertz CT molecular complexity index is 305. The zero-order valence-corrected chi connectivity index (χ0v) is 10.5. The third kappa shape index (κ3) is 2.28. The Kier molecular flexibility index (Phi) is 3.44. The molecule has 0 saturated carbocycles. The van der Waals surface area contributed by atoms with Crippen LogP contribution >= 0.6 is 0 Å². The Morgan fingerprint density at radius 2 is 1.54 bits per heavy atom. The molecule has 0 spiro atoms. The summed E-state index contributed by atoms with van der Waals surface area (Å²) in [4.78, 5) is 0. The van der Waals surface area contributed by atoms with Crippen LogP contribution in [0.5, 0.6) is 0 Å². The van der Waals surface area contributed by atoms with E-state index in [1.807, 2.05) is 26.0 Å². The van der Waals surface area contributed by atoms with Gasteiger partial charge >= 0.3 is 82.6 Å². The molecule has 2 heteroatoms. The van der Waals surface area contributed by atoms with Crippen LogP contribution in [0.1, 0.15) is 19.4 Å². The van der Waals surface area contributed by atoms with Crippen LogP contribution in [-0.2, 0) is 3.74 Å². The van der Waals surface area contributed by atoms with Crippen molar-refractivity contribution in [3.63, 3.8) is 0 Å². The van der Waals surface area contributed by atoms with Gasteiger partial charge in [-0.15, -0.1) is 0 Å². The van der Waals surface area contributed by atoms with E-state index in [0.717, 1.165) is 14.8 Å². The van der Waals surface area contributed by atoms with Gasteiger partial charge in [0, 0.05) is 0 Å². The number of hydrogen-bond donors (Lipinski definition) is 0. The molecule has 72 valence electrons. The zero-order valence-electron chi connectivity index (χ0n) is 8.58. The van der Waals surface area contributed by atoms with Crippen LogP contribution in [-0.4, -0.2) is 13.5 Å². The van der Waals surface area contributed by atoms with Gasteiger partial charge in [-0.1, -0.05) is 0 Å². The molecule has 0 N–H and O–H groups in total. The minimum absolute atomic E-state index is 0.831. The molecule has 0 atom stereocenters. The van der Waals surface area contributed by atoms with Crippen LogP contribution in [0.2, 0.25) is 10.4 Å². The van der Waals surface area contributed by atoms with Crippen molar-refractivity contribution in [2.24, 2.45) is 0 Å². The maximum absolute atomic E-state index is 12.3. The van der Waals surface area contributed by atoms with E-state index in [9.17, 15) is 3.74 Å². The molecule has 0 unspecified atom stereocenters. The van der Waals surface area contributed by atoms with Crippen molar-refractivity contribution in [3.05, 3.63) is 29.8 Å². The van der Waals surface area contributed by atoms with Crippen LogP contribution in [0.4, 0.5) is 0 Å². The van der Waals surface area contributed by atoms with Crippen LogP contribution in [0.3, 0.4) is 0 Å². The Hall–Kier alpha value is -0.422. The van der Waals surface area contributed by atoms with Gasteiger partial charge in [0.25, 0.3) is 0 Å². The number of hydrogen-bond acceptors (Lipinski definition) is 1. The normalized spacial score (nSPS) is 11.6. The van der Waals surface area contributed by atoms with Gasteiger partial charge in [0.2, 0.25) is 0 Å². The van der Waals surface area contributed by atoms with E-state index in [4.69, 9.17) is 0 Å². The molecule has 0 saturated heterocycles. The first-order valence-electron chi connectivity index (χ1n) is 4.77. The monoisotopic (exact) mass is 240 g/mol. The van der Waals surface area contributed by atoms with E-state index in [1.54, 1.807) is 0 Å². The second-order valence-corrected chi connectivity index (χ2v) is 10.8. The van der Waals surface area contributed by atoms with E-state index in [1.165, 1.54) is 5.56 Å². The first-order valence-corrected chi connectivity index (χ1v) is 9.13. The summed E-state index contributed by atoms with van der Waals surface area (Å²) in [5.41, 5.74) is 1.23. The molecule has 1 aromatic rings. The van der Waals surface area contributed by atoms with E-state index >= 15 is 0 Å². The third-order valence-corrected chi connectivity index (χ3v) is 9.41. The fourth-order valence-electron chi connectivity index (χ4n) is 1.41. The minimum atomic E-state index is -2.69. The molecule has 13 heavy (non-hydrogen) atoms. The van der Waals surface area contributed by atoms with E-state index in [2.05, 4.69) is 19.1 Å². The molecule has 0 fully saturated rings. The van der Waals surface area contributed by atoms with Crippen molar-refractivity contribution in [2.75, 3.05) is 0 Å². The van der Waals surface area contributed by atoms with Crippen LogP contribution in [0, 0.1) is 6.92 Å². The molecular weight excluding hydrogens is 223 g/mol. The second-order valence-electron chi connectivity index (χ2n) is 3.36. The van der Waals surface area contributed by atoms with Gasteiger partial charge in [-0.3, -0.25) is 0 Å². The molecule has 0 aliphatic carbocycles. The molecule has 0 aromatic heterocycles. The van der Waals surface area contributed by atoms with Crippen LogP contribution in [0.15, 0.2) is 24.3 Å². The van der Waals surface area contributed by atoms with E-state index in [-0.39, 0.29) is 0 Å². The Morgan fingerprint density at radius 3 is 1.92 bits per heavy atom. The van der Waals surface area contributed by atoms with Gasteiger partial charge in [0.1, 0.15) is 0 Å². The summed E-state index contributed by atoms with van der Waals surface area (Å²) in [6.45, 7) is 6.12. The molecule has 0 radical (unpaired) electrons. The van der Waals surface area contributed by atoms with Crippen LogP contribution < -0.4 is 4.35 Å². The van der Waals surface area contributed by atoms with Gasteiger partial charge in [-0.05, 0) is 0 Å². The van der Waals surface area contributed by atoms with Gasteiger partial charge in [-0.2, -0.15) is 0 Å². The summed E-state index contributed by atoms with van der Waals surface area (Å²) >= 11 is -2.69. The van der Waals surface area contributed by atoms with E-state index in [0.29, 0.717) is 0 Å². The van der Waals surface area contributed by atoms with Gasteiger partial charge < -0.3 is 0 Å². The summed E-state index contributed by atoms with van der Waals surface area (Å²) < 4.78 is 13.4. The molecule has 0 bridgehead atoms. The zero-order chi connectivity index (χ0) is 9.90. The van der Waals surface area contributed by atoms with Crippen molar-refractivity contribution >= 4 is 17.8 Å². The summed E-state index contributed by atoms with van der Waals surface area (Å²) in [6.07, 6.45) is 0. The van der Waals surface area contributed by atoms with Crippen molar-refractivity contribution in [3.8, 4) is 0 Å². The number of aryl methyl sites for hydroxylation is 1. The topological polar surface area (TPSA) is 17.1 Å². The second kappa shape index (κ2) is 4.19. The van der Waals surface area contributed by atoms with Crippen molar-refractivity contribution in [1.29, 1.82) is 0 Å². The molecule has 1 aromatic carbocycles. The van der Waals surface area contributed by atoms with Crippen molar-refractivity contribution in [2.45, 2.75) is 31.2 Å². The van der Waals surface area contributed by atoms with Gasteiger partial charge in [0.05, 0.1) is 0 Å². The molecule has 1 rings (SSSR count). The Balaban J connectivity index is 3.07.